The van der Waals surface area contributed by atoms with Gasteiger partial charge in [0.05, 0.1) is 25.2 Å². The van der Waals surface area contributed by atoms with E-state index in [1.54, 1.807) is 66.3 Å². The lowest BCUT2D eigenvalue weighted by Gasteiger charge is -2.14. The van der Waals surface area contributed by atoms with Gasteiger partial charge in [0.25, 0.3) is 5.56 Å². The number of carbonyl (C=O) groups excluding carboxylic acids is 1. The molecule has 1 N–H and O–H groups in total. The Morgan fingerprint density at radius 1 is 1.05 bits per heavy atom. The highest BCUT2D eigenvalue weighted by Crippen LogP contribution is 2.29. The van der Waals surface area contributed by atoms with Crippen molar-refractivity contribution in [2.24, 2.45) is 0 Å². The van der Waals surface area contributed by atoms with Crippen molar-refractivity contribution in [3.05, 3.63) is 91.6 Å². The molecule has 1 amide bonds. The molecule has 2 heterocycles. The predicted octanol–water partition coefficient (Wildman–Crippen LogP) is 7.07. The molecule has 0 saturated heterocycles. The van der Waals surface area contributed by atoms with Crippen LogP contribution in [0.2, 0.25) is 5.02 Å². The molecule has 2 aromatic heterocycles. The SMILES string of the molecule is CCOc1ccc(NC(=O)CSc2nc3c(sc(=S)n3-c3ccc(Cl)c(C)c3)c(=O)n2-c2ccc(OC)cc2)cc1. The molecule has 5 aromatic rings. The van der Waals surface area contributed by atoms with Gasteiger partial charge in [-0.15, -0.1) is 0 Å². The summed E-state index contributed by atoms with van der Waals surface area (Å²) in [6, 6.07) is 19.8. The first-order chi connectivity index (χ1) is 19.8. The van der Waals surface area contributed by atoms with Crippen LogP contribution in [0.5, 0.6) is 11.5 Å². The van der Waals surface area contributed by atoms with Crippen molar-refractivity contribution >= 4 is 68.9 Å². The summed E-state index contributed by atoms with van der Waals surface area (Å²) < 4.78 is 14.9. The number of benzene rings is 3. The van der Waals surface area contributed by atoms with Crippen molar-refractivity contribution in [1.82, 2.24) is 14.1 Å². The number of hydrogen-bond donors (Lipinski definition) is 1. The van der Waals surface area contributed by atoms with E-state index >= 15 is 0 Å². The number of aromatic nitrogens is 3. The van der Waals surface area contributed by atoms with Crippen LogP contribution < -0.4 is 20.3 Å². The normalized spacial score (nSPS) is 11.0. The van der Waals surface area contributed by atoms with Gasteiger partial charge in [-0.3, -0.25) is 18.7 Å². The molecule has 0 atom stereocenters. The highest BCUT2D eigenvalue weighted by atomic mass is 35.5. The van der Waals surface area contributed by atoms with Crippen LogP contribution in [0, 0.1) is 10.9 Å². The zero-order valence-electron chi connectivity index (χ0n) is 22.3. The van der Waals surface area contributed by atoms with E-state index < -0.39 is 0 Å². The second kappa shape index (κ2) is 12.5. The third-order valence-electron chi connectivity index (χ3n) is 6.09. The van der Waals surface area contributed by atoms with Gasteiger partial charge in [0.2, 0.25) is 5.91 Å². The Labute approximate surface area is 254 Å². The van der Waals surface area contributed by atoms with Crippen molar-refractivity contribution in [2.45, 2.75) is 19.0 Å². The number of aryl methyl sites for hydroxylation is 1. The minimum atomic E-state index is -0.282. The Balaban J connectivity index is 1.55. The molecular formula is C29H25ClN4O4S3. The number of anilines is 1. The fraction of sp³-hybridized carbons (Fsp3) is 0.172. The largest absolute Gasteiger partial charge is 0.497 e. The highest BCUT2D eigenvalue weighted by molar-refractivity contribution is 7.99. The summed E-state index contributed by atoms with van der Waals surface area (Å²) in [5, 5.41) is 3.86. The number of nitrogens with one attached hydrogen (secondary N) is 1. The number of hydrogen-bond acceptors (Lipinski definition) is 8. The van der Waals surface area contributed by atoms with Crippen LogP contribution in [-0.2, 0) is 4.79 Å². The minimum absolute atomic E-state index is 0.0201. The molecule has 41 heavy (non-hydrogen) atoms. The van der Waals surface area contributed by atoms with Crippen molar-refractivity contribution < 1.29 is 14.3 Å². The van der Waals surface area contributed by atoms with E-state index in [0.29, 0.717) is 48.2 Å². The van der Waals surface area contributed by atoms with Crippen LogP contribution in [0.4, 0.5) is 5.69 Å². The van der Waals surface area contributed by atoms with Crippen LogP contribution in [-0.4, -0.2) is 39.5 Å². The third kappa shape index (κ3) is 6.18. The summed E-state index contributed by atoms with van der Waals surface area (Å²) in [5.41, 5.74) is 2.99. The molecule has 210 valence electrons. The number of amides is 1. The van der Waals surface area contributed by atoms with Crippen molar-refractivity contribution in [3.63, 3.8) is 0 Å². The number of thiazole rings is 1. The van der Waals surface area contributed by atoms with Crippen LogP contribution in [0.3, 0.4) is 0 Å². The van der Waals surface area contributed by atoms with Gasteiger partial charge < -0.3 is 14.8 Å². The van der Waals surface area contributed by atoms with Crippen molar-refractivity contribution in [3.8, 4) is 22.9 Å². The molecule has 0 aliphatic carbocycles. The standard InChI is InChI=1S/C29H25ClN4O4S3/c1-4-38-22-10-5-18(6-11-22)31-24(35)16-40-28-32-26-25(27(36)34(28)19-7-12-21(37-3)13-8-19)41-29(39)33(26)20-9-14-23(30)17(2)15-20/h5-15H,4,16H2,1-3H3,(H,31,35). The second-order valence-corrected chi connectivity index (χ2v) is 11.8. The number of nitrogens with zero attached hydrogens (tertiary/aromatic N) is 3. The van der Waals surface area contributed by atoms with E-state index in [1.165, 1.54) is 15.9 Å². The van der Waals surface area contributed by atoms with E-state index in [2.05, 4.69) is 5.32 Å². The molecule has 0 aliphatic heterocycles. The van der Waals surface area contributed by atoms with Gasteiger partial charge in [0.1, 0.15) is 16.2 Å². The molecular weight excluding hydrogens is 600 g/mol. The number of thioether (sulfide) groups is 1. The smallest absolute Gasteiger partial charge is 0.278 e. The number of halogens is 1. The molecule has 0 spiro atoms. The lowest BCUT2D eigenvalue weighted by atomic mass is 10.2. The molecule has 0 unspecified atom stereocenters. The van der Waals surface area contributed by atoms with Crippen LogP contribution in [0.1, 0.15) is 12.5 Å². The van der Waals surface area contributed by atoms with Gasteiger partial charge in [0.15, 0.2) is 14.8 Å². The Morgan fingerprint density at radius 2 is 1.73 bits per heavy atom. The average molecular weight is 625 g/mol. The highest BCUT2D eigenvalue weighted by Gasteiger charge is 2.20. The van der Waals surface area contributed by atoms with Crippen LogP contribution >= 0.6 is 46.9 Å². The Bertz CT molecular complexity index is 1850. The van der Waals surface area contributed by atoms with Gasteiger partial charge in [-0.2, -0.15) is 0 Å². The quantitative estimate of drug-likeness (QED) is 0.107. The number of carbonyl (C=O) groups is 1. The first-order valence-corrected chi connectivity index (χ1v) is 15.1. The van der Waals surface area contributed by atoms with Gasteiger partial charge in [0, 0.05) is 16.4 Å². The first kappa shape index (κ1) is 28.9. The van der Waals surface area contributed by atoms with Crippen molar-refractivity contribution in [2.75, 3.05) is 24.8 Å². The molecule has 0 radical (unpaired) electrons. The summed E-state index contributed by atoms with van der Waals surface area (Å²) >= 11 is 14.3. The molecule has 0 fully saturated rings. The number of ether oxygens (including phenoxy) is 2. The fourth-order valence-corrected chi connectivity index (χ4v) is 6.34. The van der Waals surface area contributed by atoms with Gasteiger partial charge in [-0.25, -0.2) is 4.98 Å². The van der Waals surface area contributed by atoms with Gasteiger partial charge >= 0.3 is 0 Å². The number of fused-ring (bicyclic) bond motifs is 1. The molecule has 3 aromatic carbocycles. The Kier molecular flexibility index (Phi) is 8.79. The van der Waals surface area contributed by atoms with Crippen LogP contribution in [0.25, 0.3) is 21.7 Å². The maximum atomic E-state index is 13.9. The fourth-order valence-electron chi connectivity index (χ4n) is 4.12. The maximum Gasteiger partial charge on any atom is 0.278 e. The third-order valence-corrected chi connectivity index (χ3v) is 8.80. The predicted molar refractivity (Wildman–Crippen MR) is 169 cm³/mol. The summed E-state index contributed by atoms with van der Waals surface area (Å²) in [6.45, 7) is 4.37. The lowest BCUT2D eigenvalue weighted by Crippen LogP contribution is -2.22. The molecule has 8 nitrogen and oxygen atoms in total. The van der Waals surface area contributed by atoms with Crippen LogP contribution in [0.15, 0.2) is 76.7 Å². The minimum Gasteiger partial charge on any atom is -0.497 e. The first-order valence-electron chi connectivity index (χ1n) is 12.5. The lowest BCUT2D eigenvalue weighted by molar-refractivity contribution is -0.113. The summed E-state index contributed by atoms with van der Waals surface area (Å²) in [5.74, 6) is 1.15. The zero-order chi connectivity index (χ0) is 29.1. The van der Waals surface area contributed by atoms with E-state index in [9.17, 15) is 9.59 Å². The molecule has 0 saturated carbocycles. The molecule has 12 heteroatoms. The van der Waals surface area contributed by atoms with E-state index in [4.69, 9.17) is 38.3 Å². The van der Waals surface area contributed by atoms with Gasteiger partial charge in [-0.05, 0) is 98.4 Å². The average Bonchev–Trinajstić information content (AvgIpc) is 3.31. The topological polar surface area (TPSA) is 87.4 Å². The Hall–Kier alpha value is -3.64. The zero-order valence-corrected chi connectivity index (χ0v) is 25.5. The number of methoxy groups -OCH3 is 1. The van der Waals surface area contributed by atoms with Gasteiger partial charge in [-0.1, -0.05) is 34.7 Å². The summed E-state index contributed by atoms with van der Waals surface area (Å²) in [4.78, 5) is 31.7. The summed E-state index contributed by atoms with van der Waals surface area (Å²) in [7, 11) is 1.58. The molecule has 0 aliphatic rings. The molecule has 0 bridgehead atoms. The Morgan fingerprint density at radius 3 is 2.39 bits per heavy atom. The van der Waals surface area contributed by atoms with Crippen molar-refractivity contribution in [1.29, 1.82) is 0 Å². The second-order valence-electron chi connectivity index (χ2n) is 8.82. The maximum absolute atomic E-state index is 13.9. The molecule has 5 rings (SSSR count). The number of rotatable bonds is 9. The summed E-state index contributed by atoms with van der Waals surface area (Å²) in [6.07, 6.45) is 0. The van der Waals surface area contributed by atoms with E-state index in [1.807, 2.05) is 26.0 Å². The monoisotopic (exact) mass is 624 g/mol. The van der Waals surface area contributed by atoms with E-state index in [0.717, 1.165) is 28.8 Å². The van der Waals surface area contributed by atoms with E-state index in [-0.39, 0.29) is 17.2 Å².